The Labute approximate surface area is 164 Å². The molecule has 0 spiro atoms. The Morgan fingerprint density at radius 2 is 2.19 bits per heavy atom. The number of aryl methyl sites for hydroxylation is 2. The molecular weight excluding hydrogens is 356 g/mol. The minimum absolute atomic E-state index is 0.344. The molecule has 0 bridgehead atoms. The van der Waals surface area contributed by atoms with Gasteiger partial charge in [0, 0.05) is 35.9 Å². The highest BCUT2D eigenvalue weighted by Crippen LogP contribution is 2.24. The molecule has 27 heavy (non-hydrogen) atoms. The molecule has 6 heteroatoms. The summed E-state index contributed by atoms with van der Waals surface area (Å²) in [7, 11) is 0. The second-order valence-electron chi connectivity index (χ2n) is 7.25. The van der Waals surface area contributed by atoms with Gasteiger partial charge in [-0.1, -0.05) is 23.9 Å². The third-order valence-corrected chi connectivity index (χ3v) is 6.03. The van der Waals surface area contributed by atoms with Crippen LogP contribution in [0.2, 0.25) is 0 Å². The summed E-state index contributed by atoms with van der Waals surface area (Å²) in [6.45, 7) is 8.26. The molecule has 4 rings (SSSR count). The maximum atomic E-state index is 5.82. The lowest BCUT2D eigenvalue weighted by molar-refractivity contribution is 0.0962. The maximum Gasteiger partial charge on any atom is 0.182 e. The number of nitrogens with zero attached hydrogens (tertiary/aromatic N) is 3. The Bertz CT molecular complexity index is 894. The van der Waals surface area contributed by atoms with Crippen LogP contribution < -0.4 is 5.43 Å². The van der Waals surface area contributed by atoms with Crippen LogP contribution in [-0.4, -0.2) is 33.9 Å². The number of aliphatic imine (C=N–C) groups is 1. The highest BCUT2D eigenvalue weighted by atomic mass is 32.2. The van der Waals surface area contributed by atoms with E-state index in [0.717, 1.165) is 41.9 Å². The number of amidine groups is 1. The number of ether oxygens (including phenoxy) is 1. The first kappa shape index (κ1) is 18.3. The van der Waals surface area contributed by atoms with Crippen LogP contribution in [0.1, 0.15) is 35.4 Å². The van der Waals surface area contributed by atoms with E-state index in [0.29, 0.717) is 6.10 Å². The zero-order valence-electron chi connectivity index (χ0n) is 16.2. The van der Waals surface area contributed by atoms with Crippen molar-refractivity contribution in [3.8, 4) is 0 Å². The molecule has 0 saturated carbocycles. The molecule has 2 aliphatic rings. The number of hydrazone groups is 1. The van der Waals surface area contributed by atoms with Gasteiger partial charge in [-0.3, -0.25) is 5.43 Å². The van der Waals surface area contributed by atoms with Gasteiger partial charge in [0.05, 0.1) is 17.5 Å². The molecule has 0 radical (unpaired) electrons. The zero-order chi connectivity index (χ0) is 18.8. The molecule has 0 amide bonds. The Morgan fingerprint density at radius 3 is 2.89 bits per heavy atom. The minimum Gasteiger partial charge on any atom is -0.376 e. The number of hydrogen-bond donors (Lipinski definition) is 1. The lowest BCUT2D eigenvalue weighted by Crippen LogP contribution is -2.25. The van der Waals surface area contributed by atoms with Gasteiger partial charge in [0.25, 0.3) is 0 Å². The molecular formula is C21H26N4OS. The average Bonchev–Trinajstić information content (AvgIpc) is 3.26. The van der Waals surface area contributed by atoms with E-state index in [1.54, 1.807) is 11.8 Å². The van der Waals surface area contributed by atoms with Crippen LogP contribution in [0.5, 0.6) is 0 Å². The highest BCUT2D eigenvalue weighted by Gasteiger charge is 2.22. The van der Waals surface area contributed by atoms with Gasteiger partial charge in [0.15, 0.2) is 5.17 Å². The molecule has 0 aliphatic carbocycles. The van der Waals surface area contributed by atoms with Crippen LogP contribution in [0.15, 0.2) is 40.4 Å². The summed E-state index contributed by atoms with van der Waals surface area (Å²) >= 11 is 1.70. The van der Waals surface area contributed by atoms with Crippen molar-refractivity contribution in [2.45, 2.75) is 46.3 Å². The molecule has 1 aromatic carbocycles. The summed E-state index contributed by atoms with van der Waals surface area (Å²) in [6.07, 6.45) is 2.67. The number of benzene rings is 1. The van der Waals surface area contributed by atoms with Crippen LogP contribution in [-0.2, 0) is 11.3 Å². The van der Waals surface area contributed by atoms with Crippen molar-refractivity contribution in [1.82, 2.24) is 9.99 Å². The van der Waals surface area contributed by atoms with Crippen molar-refractivity contribution in [2.75, 3.05) is 12.4 Å². The summed E-state index contributed by atoms with van der Waals surface area (Å²) in [6, 6.07) is 10.4. The molecule has 0 unspecified atom stereocenters. The molecule has 3 heterocycles. The minimum atomic E-state index is 0.344. The number of aromatic nitrogens is 1. The molecule has 1 aromatic heterocycles. The zero-order valence-corrected chi connectivity index (χ0v) is 17.0. The molecule has 1 fully saturated rings. The van der Waals surface area contributed by atoms with E-state index in [9.17, 15) is 0 Å². The van der Waals surface area contributed by atoms with Gasteiger partial charge in [0.1, 0.15) is 0 Å². The van der Waals surface area contributed by atoms with Crippen LogP contribution >= 0.6 is 11.8 Å². The van der Waals surface area contributed by atoms with Gasteiger partial charge in [-0.15, -0.1) is 0 Å². The Kier molecular flexibility index (Phi) is 5.36. The van der Waals surface area contributed by atoms with E-state index < -0.39 is 0 Å². The predicted octanol–water partition coefficient (Wildman–Crippen LogP) is 4.32. The lowest BCUT2D eigenvalue weighted by Gasteiger charge is -2.17. The van der Waals surface area contributed by atoms with E-state index in [2.05, 4.69) is 59.1 Å². The van der Waals surface area contributed by atoms with Gasteiger partial charge in [0.2, 0.25) is 0 Å². The van der Waals surface area contributed by atoms with Gasteiger partial charge in [-0.25, -0.2) is 4.99 Å². The van der Waals surface area contributed by atoms with Crippen LogP contribution in [0, 0.1) is 20.8 Å². The fourth-order valence-corrected chi connectivity index (χ4v) is 4.47. The second-order valence-corrected chi connectivity index (χ2v) is 8.21. The summed E-state index contributed by atoms with van der Waals surface area (Å²) in [5.74, 6) is 0.821. The van der Waals surface area contributed by atoms with Crippen molar-refractivity contribution < 1.29 is 4.74 Å². The van der Waals surface area contributed by atoms with E-state index >= 15 is 0 Å². The molecule has 142 valence electrons. The smallest absolute Gasteiger partial charge is 0.182 e. The quantitative estimate of drug-likeness (QED) is 0.857. The van der Waals surface area contributed by atoms with Crippen molar-refractivity contribution in [1.29, 1.82) is 0 Å². The van der Waals surface area contributed by atoms with Crippen molar-refractivity contribution >= 4 is 28.3 Å². The van der Waals surface area contributed by atoms with E-state index in [-0.39, 0.29) is 0 Å². The Morgan fingerprint density at radius 1 is 1.30 bits per heavy atom. The van der Waals surface area contributed by atoms with Crippen molar-refractivity contribution in [3.63, 3.8) is 0 Å². The van der Waals surface area contributed by atoms with Gasteiger partial charge >= 0.3 is 0 Å². The van der Waals surface area contributed by atoms with Gasteiger partial charge in [-0.05, 0) is 57.4 Å². The van der Waals surface area contributed by atoms with Gasteiger partial charge < -0.3 is 9.30 Å². The molecule has 5 nitrogen and oxygen atoms in total. The number of thioether (sulfide) groups is 1. The first-order chi connectivity index (χ1) is 13.1. The van der Waals surface area contributed by atoms with Crippen molar-refractivity contribution in [2.24, 2.45) is 10.1 Å². The van der Waals surface area contributed by atoms with E-state index in [1.165, 1.54) is 28.9 Å². The first-order valence-electron chi connectivity index (χ1n) is 9.49. The lowest BCUT2D eigenvalue weighted by atomic mass is 10.1. The largest absolute Gasteiger partial charge is 0.376 e. The number of nitrogens with one attached hydrogen (secondary N) is 1. The highest BCUT2D eigenvalue weighted by molar-refractivity contribution is 8.14. The fourth-order valence-electron chi connectivity index (χ4n) is 3.69. The Balaban J connectivity index is 1.50. The van der Waals surface area contributed by atoms with Crippen LogP contribution in [0.4, 0.5) is 5.69 Å². The topological polar surface area (TPSA) is 50.9 Å². The third-order valence-electron chi connectivity index (χ3n) is 5.16. The molecule has 1 saturated heterocycles. The first-order valence-corrected chi connectivity index (χ1v) is 10.5. The molecule has 2 aromatic rings. The predicted molar refractivity (Wildman–Crippen MR) is 113 cm³/mol. The molecule has 1 N–H and O–H groups in total. The van der Waals surface area contributed by atoms with Crippen molar-refractivity contribution in [3.05, 3.63) is 52.8 Å². The third kappa shape index (κ3) is 4.12. The summed E-state index contributed by atoms with van der Waals surface area (Å²) < 4.78 is 8.19. The summed E-state index contributed by atoms with van der Waals surface area (Å²) in [5, 5.41) is 5.46. The number of hydrogen-bond acceptors (Lipinski definition) is 4. The standard InChI is InChI=1S/C21H26N4OS/c1-14-6-4-7-17(10-14)22-21-24-23-20(13-27-21)19-11-15(2)25(16(19)3)12-18-8-5-9-26-18/h4,6-7,10-11,18H,5,8-9,12-13H2,1-3H3,(H,22,24)/t18-/m0/s1. The SMILES string of the molecule is Cc1cccc(N=C2NN=C(c3cc(C)n(C[C@@H]4CCCO4)c3C)CS2)c1. The monoisotopic (exact) mass is 382 g/mol. The normalized spacial score (nSPS) is 21.4. The average molecular weight is 383 g/mol. The fraction of sp³-hybridized carbons (Fsp3) is 0.429. The second kappa shape index (κ2) is 7.90. The summed E-state index contributed by atoms with van der Waals surface area (Å²) in [5.41, 5.74) is 10.1. The molecule has 1 atom stereocenters. The van der Waals surface area contributed by atoms with Crippen LogP contribution in [0.3, 0.4) is 0 Å². The van der Waals surface area contributed by atoms with E-state index in [4.69, 9.17) is 4.74 Å². The molecule has 2 aliphatic heterocycles. The maximum absolute atomic E-state index is 5.82. The van der Waals surface area contributed by atoms with Gasteiger partial charge in [-0.2, -0.15) is 5.10 Å². The number of rotatable bonds is 4. The summed E-state index contributed by atoms with van der Waals surface area (Å²) in [4.78, 5) is 4.66. The van der Waals surface area contributed by atoms with Crippen LogP contribution in [0.25, 0.3) is 0 Å². The van der Waals surface area contributed by atoms with E-state index in [1.807, 2.05) is 12.1 Å². The Hall–Kier alpha value is -2.05.